The quantitative estimate of drug-likeness (QED) is 0.254. The van der Waals surface area contributed by atoms with Gasteiger partial charge in [-0.15, -0.1) is 10.2 Å². The summed E-state index contributed by atoms with van der Waals surface area (Å²) in [6.45, 7) is 1.87. The van der Waals surface area contributed by atoms with Gasteiger partial charge in [0.05, 0.1) is 13.3 Å². The van der Waals surface area contributed by atoms with E-state index >= 15 is 0 Å². The summed E-state index contributed by atoms with van der Waals surface area (Å²) in [6, 6.07) is 17.6. The minimum absolute atomic E-state index is 0.612. The third-order valence-corrected chi connectivity index (χ3v) is 6.15. The summed E-state index contributed by atoms with van der Waals surface area (Å²) in [6.07, 6.45) is 1.79. The van der Waals surface area contributed by atoms with Gasteiger partial charge in [0.15, 0.2) is 5.82 Å². The molecule has 0 aliphatic rings. The molecule has 0 saturated heterocycles. The first-order valence-electron chi connectivity index (χ1n) is 9.15. The number of hydrogen-bond donors (Lipinski definition) is 0. The Morgan fingerprint density at radius 2 is 1.93 bits per heavy atom. The number of ether oxygens (including phenoxy) is 1. The molecule has 0 aliphatic heterocycles. The SMILES string of the molecule is COc1ccc2ccccc2c1/C=N/n1c(C)nnc1SCc1ccc(Cl)cc1Cl. The van der Waals surface area contributed by atoms with Crippen LogP contribution >= 0.6 is 35.0 Å². The average Bonchev–Trinajstić information content (AvgIpc) is 3.10. The van der Waals surface area contributed by atoms with Crippen molar-refractivity contribution in [3.8, 4) is 5.75 Å². The van der Waals surface area contributed by atoms with Crippen LogP contribution in [0.25, 0.3) is 10.8 Å². The van der Waals surface area contributed by atoms with Crippen molar-refractivity contribution in [2.45, 2.75) is 17.8 Å². The molecule has 0 unspecified atom stereocenters. The molecule has 4 aromatic rings. The number of thioether (sulfide) groups is 1. The van der Waals surface area contributed by atoms with Crippen molar-refractivity contribution >= 4 is 52.0 Å². The van der Waals surface area contributed by atoms with Crippen molar-refractivity contribution in [1.29, 1.82) is 0 Å². The Bertz CT molecular complexity index is 1240. The number of aromatic nitrogens is 3. The summed E-state index contributed by atoms with van der Waals surface area (Å²) in [5.41, 5.74) is 1.87. The number of hydrogen-bond acceptors (Lipinski definition) is 5. The maximum atomic E-state index is 6.29. The molecule has 8 heteroatoms. The van der Waals surface area contributed by atoms with Crippen LogP contribution in [0.3, 0.4) is 0 Å². The van der Waals surface area contributed by atoms with Gasteiger partial charge in [-0.25, -0.2) is 0 Å². The van der Waals surface area contributed by atoms with E-state index in [2.05, 4.69) is 27.4 Å². The number of rotatable bonds is 6. The molecule has 30 heavy (non-hydrogen) atoms. The van der Waals surface area contributed by atoms with Crippen LogP contribution in [0.5, 0.6) is 5.75 Å². The lowest BCUT2D eigenvalue weighted by Gasteiger charge is -2.09. The van der Waals surface area contributed by atoms with Crippen molar-refractivity contribution in [3.05, 3.63) is 81.6 Å². The zero-order valence-electron chi connectivity index (χ0n) is 16.3. The molecule has 1 heterocycles. The van der Waals surface area contributed by atoms with Gasteiger partial charge in [-0.05, 0) is 41.5 Å². The molecule has 0 saturated carbocycles. The Kier molecular flexibility index (Phi) is 6.27. The van der Waals surface area contributed by atoms with Crippen LogP contribution in [0.4, 0.5) is 0 Å². The molecular weight excluding hydrogens is 439 g/mol. The van der Waals surface area contributed by atoms with Crippen LogP contribution in [0.2, 0.25) is 10.0 Å². The largest absolute Gasteiger partial charge is 0.496 e. The molecule has 0 N–H and O–H groups in total. The zero-order chi connectivity index (χ0) is 21.1. The molecule has 0 aliphatic carbocycles. The summed E-state index contributed by atoms with van der Waals surface area (Å²) in [5.74, 6) is 2.07. The molecule has 0 fully saturated rings. The lowest BCUT2D eigenvalue weighted by atomic mass is 10.0. The Balaban J connectivity index is 1.64. The molecule has 4 rings (SSSR count). The molecule has 0 radical (unpaired) electrons. The number of halogens is 2. The molecule has 0 amide bonds. The highest BCUT2D eigenvalue weighted by atomic mass is 35.5. The number of aryl methyl sites for hydroxylation is 1. The van der Waals surface area contributed by atoms with Crippen LogP contribution in [0.1, 0.15) is 17.0 Å². The summed E-state index contributed by atoms with van der Waals surface area (Å²) < 4.78 is 7.27. The first-order chi connectivity index (χ1) is 14.6. The van der Waals surface area contributed by atoms with Crippen LogP contribution in [-0.2, 0) is 5.75 Å². The standard InChI is InChI=1S/C22H18Cl2N4OS/c1-14-26-27-22(30-13-16-7-9-17(23)11-20(16)24)28(14)25-12-19-18-6-4-3-5-15(18)8-10-21(19)29-2/h3-12H,13H2,1-2H3/b25-12+. The Morgan fingerprint density at radius 3 is 2.73 bits per heavy atom. The molecule has 0 bridgehead atoms. The summed E-state index contributed by atoms with van der Waals surface area (Å²) in [7, 11) is 1.66. The second-order valence-electron chi connectivity index (χ2n) is 6.51. The lowest BCUT2D eigenvalue weighted by molar-refractivity contribution is 0.415. The third-order valence-electron chi connectivity index (χ3n) is 4.59. The van der Waals surface area contributed by atoms with Gasteiger partial charge < -0.3 is 4.74 Å². The number of nitrogens with zero attached hydrogens (tertiary/aromatic N) is 4. The fourth-order valence-corrected chi connectivity index (χ4v) is 4.54. The Morgan fingerprint density at radius 1 is 1.10 bits per heavy atom. The predicted molar refractivity (Wildman–Crippen MR) is 124 cm³/mol. The predicted octanol–water partition coefficient (Wildman–Crippen LogP) is 6.23. The maximum Gasteiger partial charge on any atom is 0.212 e. The lowest BCUT2D eigenvalue weighted by Crippen LogP contribution is -1.98. The molecule has 3 aromatic carbocycles. The molecule has 1 aromatic heterocycles. The average molecular weight is 457 g/mol. The van der Waals surface area contributed by atoms with Gasteiger partial charge in [-0.2, -0.15) is 9.78 Å². The first-order valence-corrected chi connectivity index (χ1v) is 10.9. The minimum atomic E-state index is 0.612. The fraction of sp³-hybridized carbons (Fsp3) is 0.136. The smallest absolute Gasteiger partial charge is 0.212 e. The third kappa shape index (κ3) is 4.31. The van der Waals surface area contributed by atoms with E-state index in [1.54, 1.807) is 24.1 Å². The van der Waals surface area contributed by atoms with Crippen LogP contribution in [-0.4, -0.2) is 28.2 Å². The van der Waals surface area contributed by atoms with E-state index in [0.29, 0.717) is 26.8 Å². The molecule has 0 atom stereocenters. The summed E-state index contributed by atoms with van der Waals surface area (Å²) in [5, 5.41) is 17.2. The maximum absolute atomic E-state index is 6.29. The van der Waals surface area contributed by atoms with Gasteiger partial charge in [-0.1, -0.05) is 71.4 Å². The minimum Gasteiger partial charge on any atom is -0.496 e. The van der Waals surface area contributed by atoms with Crippen LogP contribution in [0.15, 0.2) is 64.9 Å². The Labute approximate surface area is 188 Å². The van der Waals surface area contributed by atoms with Gasteiger partial charge in [-0.3, -0.25) is 0 Å². The second kappa shape index (κ2) is 9.08. The van der Waals surface area contributed by atoms with E-state index < -0.39 is 0 Å². The van der Waals surface area contributed by atoms with E-state index in [1.807, 2.05) is 43.3 Å². The highest BCUT2D eigenvalue weighted by Gasteiger charge is 2.12. The highest BCUT2D eigenvalue weighted by Crippen LogP contribution is 2.29. The van der Waals surface area contributed by atoms with Crippen molar-refractivity contribution < 1.29 is 4.74 Å². The van der Waals surface area contributed by atoms with E-state index in [0.717, 1.165) is 27.6 Å². The number of fused-ring (bicyclic) bond motifs is 1. The van der Waals surface area contributed by atoms with Gasteiger partial charge in [0.25, 0.3) is 0 Å². The molecule has 5 nitrogen and oxygen atoms in total. The van der Waals surface area contributed by atoms with Crippen molar-refractivity contribution in [2.24, 2.45) is 5.10 Å². The van der Waals surface area contributed by atoms with Crippen LogP contribution < -0.4 is 4.74 Å². The van der Waals surface area contributed by atoms with E-state index in [1.165, 1.54) is 11.8 Å². The van der Waals surface area contributed by atoms with Gasteiger partial charge >= 0.3 is 0 Å². The number of benzene rings is 3. The zero-order valence-corrected chi connectivity index (χ0v) is 18.7. The van der Waals surface area contributed by atoms with Crippen molar-refractivity contribution in [3.63, 3.8) is 0 Å². The fourth-order valence-electron chi connectivity index (χ4n) is 3.04. The summed E-state index contributed by atoms with van der Waals surface area (Å²) in [4.78, 5) is 0. The highest BCUT2D eigenvalue weighted by molar-refractivity contribution is 7.98. The van der Waals surface area contributed by atoms with Crippen molar-refractivity contribution in [2.75, 3.05) is 7.11 Å². The first kappa shape index (κ1) is 20.7. The summed E-state index contributed by atoms with van der Waals surface area (Å²) >= 11 is 13.8. The normalized spacial score (nSPS) is 11.5. The van der Waals surface area contributed by atoms with Crippen molar-refractivity contribution in [1.82, 2.24) is 14.9 Å². The van der Waals surface area contributed by atoms with Gasteiger partial charge in [0.1, 0.15) is 5.75 Å². The van der Waals surface area contributed by atoms with Gasteiger partial charge in [0, 0.05) is 21.4 Å². The second-order valence-corrected chi connectivity index (χ2v) is 8.30. The number of methoxy groups -OCH3 is 1. The van der Waals surface area contributed by atoms with Crippen LogP contribution in [0, 0.1) is 6.92 Å². The van der Waals surface area contributed by atoms with Gasteiger partial charge in [0.2, 0.25) is 5.16 Å². The molecule has 152 valence electrons. The molecule has 0 spiro atoms. The van der Waals surface area contributed by atoms with E-state index in [-0.39, 0.29) is 0 Å². The topological polar surface area (TPSA) is 52.3 Å². The van der Waals surface area contributed by atoms with E-state index in [9.17, 15) is 0 Å². The Hall–Kier alpha value is -2.54. The molecular formula is C22H18Cl2N4OS. The monoisotopic (exact) mass is 456 g/mol. The van der Waals surface area contributed by atoms with E-state index in [4.69, 9.17) is 27.9 Å².